The van der Waals surface area contributed by atoms with Crippen molar-refractivity contribution in [2.45, 2.75) is 25.9 Å². The fraction of sp³-hybridized carbons (Fsp3) is 0.409. The highest BCUT2D eigenvalue weighted by Gasteiger charge is 2.25. The number of methoxy groups -OCH3 is 2. The molecule has 1 N–H and O–H groups in total. The number of benzene rings is 2. The molecule has 156 valence electrons. The Kier molecular flexibility index (Phi) is 7.50. The van der Waals surface area contributed by atoms with Crippen LogP contribution in [0.4, 0.5) is 4.39 Å². The lowest BCUT2D eigenvalue weighted by Gasteiger charge is -2.31. The highest BCUT2D eigenvalue weighted by molar-refractivity contribution is 9.10. The van der Waals surface area contributed by atoms with Crippen LogP contribution in [-0.4, -0.2) is 38.1 Å². The van der Waals surface area contributed by atoms with Crippen molar-refractivity contribution in [3.05, 3.63) is 57.8 Å². The van der Waals surface area contributed by atoms with Crippen molar-refractivity contribution in [2.75, 3.05) is 27.3 Å². The monoisotopic (exact) mass is 464 g/mol. The number of carbonyl (C=O) groups is 1. The van der Waals surface area contributed by atoms with Gasteiger partial charge in [0.25, 0.3) is 0 Å². The number of likely N-dealkylation sites (tertiary alicyclic amines) is 1. The molecule has 0 radical (unpaired) electrons. The van der Waals surface area contributed by atoms with E-state index in [0.717, 1.165) is 48.1 Å². The Labute approximate surface area is 179 Å². The Morgan fingerprint density at radius 1 is 1.14 bits per heavy atom. The second-order valence-electron chi connectivity index (χ2n) is 7.17. The molecule has 1 fully saturated rings. The lowest BCUT2D eigenvalue weighted by atomic mass is 9.95. The van der Waals surface area contributed by atoms with E-state index in [-0.39, 0.29) is 17.6 Å². The molecule has 5 nitrogen and oxygen atoms in total. The van der Waals surface area contributed by atoms with Gasteiger partial charge in [-0.2, -0.15) is 0 Å². The standard InChI is InChI=1S/C22H26BrFN2O3/c1-28-19-8-5-17(20(23)21(19)29-2)14-26-11-9-16(10-12-26)22(27)25-13-15-3-6-18(24)7-4-15/h3-8,16H,9-14H2,1-2H3,(H,25,27). The fourth-order valence-electron chi connectivity index (χ4n) is 3.58. The van der Waals surface area contributed by atoms with Crippen molar-refractivity contribution >= 4 is 21.8 Å². The third kappa shape index (κ3) is 5.48. The van der Waals surface area contributed by atoms with Crippen LogP contribution in [0.3, 0.4) is 0 Å². The van der Waals surface area contributed by atoms with Crippen molar-refractivity contribution in [2.24, 2.45) is 5.92 Å². The molecule has 1 heterocycles. The van der Waals surface area contributed by atoms with Crippen LogP contribution in [0.2, 0.25) is 0 Å². The van der Waals surface area contributed by atoms with Crippen LogP contribution in [0, 0.1) is 11.7 Å². The number of ether oxygens (including phenoxy) is 2. The first-order valence-electron chi connectivity index (χ1n) is 9.65. The van der Waals surface area contributed by atoms with E-state index in [1.54, 1.807) is 26.4 Å². The van der Waals surface area contributed by atoms with Crippen molar-refractivity contribution < 1.29 is 18.7 Å². The van der Waals surface area contributed by atoms with Crippen LogP contribution in [-0.2, 0) is 17.9 Å². The number of hydrogen-bond donors (Lipinski definition) is 1. The summed E-state index contributed by atoms with van der Waals surface area (Å²) < 4.78 is 24.7. The maximum Gasteiger partial charge on any atom is 0.223 e. The first-order valence-corrected chi connectivity index (χ1v) is 10.4. The van der Waals surface area contributed by atoms with Gasteiger partial charge in [0.1, 0.15) is 5.82 Å². The van der Waals surface area contributed by atoms with Gasteiger partial charge in [-0.15, -0.1) is 0 Å². The number of halogens is 2. The molecule has 1 aliphatic heterocycles. The normalized spacial score (nSPS) is 15.2. The minimum atomic E-state index is -0.270. The molecule has 0 atom stereocenters. The molecule has 1 aliphatic rings. The van der Waals surface area contributed by atoms with Crippen LogP contribution in [0.25, 0.3) is 0 Å². The summed E-state index contributed by atoms with van der Waals surface area (Å²) in [6.07, 6.45) is 1.64. The van der Waals surface area contributed by atoms with E-state index in [4.69, 9.17) is 9.47 Å². The number of rotatable bonds is 7. The third-order valence-electron chi connectivity index (χ3n) is 5.30. The SMILES string of the molecule is COc1ccc(CN2CCC(C(=O)NCc3ccc(F)cc3)CC2)c(Br)c1OC. The largest absolute Gasteiger partial charge is 0.493 e. The van der Waals surface area contributed by atoms with Gasteiger partial charge in [0.05, 0.1) is 18.7 Å². The number of carbonyl (C=O) groups excluding carboxylic acids is 1. The number of hydrogen-bond acceptors (Lipinski definition) is 4. The second-order valence-corrected chi connectivity index (χ2v) is 7.96. The van der Waals surface area contributed by atoms with Crippen molar-refractivity contribution in [1.29, 1.82) is 0 Å². The van der Waals surface area contributed by atoms with Gasteiger partial charge >= 0.3 is 0 Å². The zero-order chi connectivity index (χ0) is 20.8. The Morgan fingerprint density at radius 2 is 1.83 bits per heavy atom. The zero-order valence-corrected chi connectivity index (χ0v) is 18.3. The van der Waals surface area contributed by atoms with Crippen LogP contribution in [0.15, 0.2) is 40.9 Å². The minimum absolute atomic E-state index is 0.0144. The van der Waals surface area contributed by atoms with Gasteiger partial charge in [-0.25, -0.2) is 4.39 Å². The fourth-order valence-corrected chi connectivity index (χ4v) is 4.20. The van der Waals surface area contributed by atoms with Gasteiger partial charge in [-0.1, -0.05) is 18.2 Å². The van der Waals surface area contributed by atoms with Crippen LogP contribution < -0.4 is 14.8 Å². The smallest absolute Gasteiger partial charge is 0.223 e. The Morgan fingerprint density at radius 3 is 2.45 bits per heavy atom. The summed E-state index contributed by atoms with van der Waals surface area (Å²) in [5, 5.41) is 2.97. The Balaban J connectivity index is 1.50. The van der Waals surface area contributed by atoms with Gasteiger partial charge < -0.3 is 14.8 Å². The van der Waals surface area contributed by atoms with E-state index in [1.807, 2.05) is 12.1 Å². The highest BCUT2D eigenvalue weighted by atomic mass is 79.9. The van der Waals surface area contributed by atoms with E-state index in [0.29, 0.717) is 18.0 Å². The molecule has 0 aromatic heterocycles. The molecule has 0 saturated carbocycles. The van der Waals surface area contributed by atoms with Crippen molar-refractivity contribution in [1.82, 2.24) is 10.2 Å². The molecule has 0 unspecified atom stereocenters. The second kappa shape index (κ2) is 10.1. The summed E-state index contributed by atoms with van der Waals surface area (Å²) in [5.74, 6) is 1.20. The van der Waals surface area contributed by atoms with Gasteiger partial charge in [-0.3, -0.25) is 9.69 Å². The maximum atomic E-state index is 13.0. The van der Waals surface area contributed by atoms with E-state index in [9.17, 15) is 9.18 Å². The highest BCUT2D eigenvalue weighted by Crippen LogP contribution is 2.38. The molecule has 29 heavy (non-hydrogen) atoms. The molecule has 0 spiro atoms. The molecule has 7 heteroatoms. The van der Waals surface area contributed by atoms with E-state index in [2.05, 4.69) is 26.1 Å². The first-order chi connectivity index (χ1) is 14.0. The summed E-state index contributed by atoms with van der Waals surface area (Å²) in [7, 11) is 3.25. The van der Waals surface area contributed by atoms with Crippen LogP contribution in [0.1, 0.15) is 24.0 Å². The van der Waals surface area contributed by atoms with E-state index in [1.165, 1.54) is 12.1 Å². The summed E-state index contributed by atoms with van der Waals surface area (Å²) in [6.45, 7) is 2.92. The number of amides is 1. The average molecular weight is 465 g/mol. The number of piperidine rings is 1. The Hall–Kier alpha value is -2.12. The van der Waals surface area contributed by atoms with Crippen molar-refractivity contribution in [3.63, 3.8) is 0 Å². The maximum absolute atomic E-state index is 13.0. The quantitative estimate of drug-likeness (QED) is 0.668. The topological polar surface area (TPSA) is 50.8 Å². The van der Waals surface area contributed by atoms with Gasteiger partial charge in [-0.05, 0) is 71.2 Å². The molecule has 0 aliphatic carbocycles. The van der Waals surface area contributed by atoms with Crippen LogP contribution in [0.5, 0.6) is 11.5 Å². The predicted molar refractivity (Wildman–Crippen MR) is 113 cm³/mol. The van der Waals surface area contributed by atoms with E-state index < -0.39 is 0 Å². The molecular formula is C22H26BrFN2O3. The molecule has 3 rings (SSSR count). The van der Waals surface area contributed by atoms with Crippen LogP contribution >= 0.6 is 15.9 Å². The predicted octanol–water partition coefficient (Wildman–Crippen LogP) is 4.13. The van der Waals surface area contributed by atoms with Gasteiger partial charge in [0.2, 0.25) is 5.91 Å². The molecule has 2 aromatic carbocycles. The molecular weight excluding hydrogens is 439 g/mol. The molecule has 0 bridgehead atoms. The summed E-state index contributed by atoms with van der Waals surface area (Å²) in [6, 6.07) is 10.2. The Bertz CT molecular complexity index is 837. The summed E-state index contributed by atoms with van der Waals surface area (Å²) in [5.41, 5.74) is 2.03. The van der Waals surface area contributed by atoms with Gasteiger partial charge in [0, 0.05) is 19.0 Å². The molecule has 1 saturated heterocycles. The van der Waals surface area contributed by atoms with Gasteiger partial charge in [0.15, 0.2) is 11.5 Å². The number of nitrogens with zero attached hydrogens (tertiary/aromatic N) is 1. The average Bonchev–Trinajstić information content (AvgIpc) is 2.75. The lowest BCUT2D eigenvalue weighted by molar-refractivity contribution is -0.126. The first kappa shape index (κ1) is 21.6. The van der Waals surface area contributed by atoms with Crippen molar-refractivity contribution in [3.8, 4) is 11.5 Å². The number of nitrogens with one attached hydrogen (secondary N) is 1. The third-order valence-corrected chi connectivity index (χ3v) is 6.17. The molecule has 1 amide bonds. The van der Waals surface area contributed by atoms with E-state index >= 15 is 0 Å². The molecule has 2 aromatic rings. The summed E-state index contributed by atoms with van der Waals surface area (Å²) in [4.78, 5) is 14.8. The zero-order valence-electron chi connectivity index (χ0n) is 16.7. The summed E-state index contributed by atoms with van der Waals surface area (Å²) >= 11 is 3.62. The minimum Gasteiger partial charge on any atom is -0.493 e. The lowest BCUT2D eigenvalue weighted by Crippen LogP contribution is -2.40.